The molecule has 3 nitrogen and oxygen atoms in total. The number of anilines is 1. The van der Waals surface area contributed by atoms with Crippen LogP contribution in [-0.2, 0) is 4.74 Å². The summed E-state index contributed by atoms with van der Waals surface area (Å²) in [5.41, 5.74) is 1.28. The molecule has 0 unspecified atom stereocenters. The summed E-state index contributed by atoms with van der Waals surface area (Å²) < 4.78 is 4.66. The summed E-state index contributed by atoms with van der Waals surface area (Å²) in [6.07, 6.45) is 1.05. The number of ether oxygens (including phenoxy) is 1. The van der Waals surface area contributed by atoms with Gasteiger partial charge in [-0.1, -0.05) is 25.4 Å². The molecule has 0 spiro atoms. The third kappa shape index (κ3) is 4.27. The molecule has 1 aromatic carbocycles. The maximum Gasteiger partial charge on any atom is 0.337 e. The average molecular weight is 256 g/mol. The van der Waals surface area contributed by atoms with Crippen molar-refractivity contribution in [1.82, 2.24) is 0 Å². The first kappa shape index (κ1) is 13.8. The van der Waals surface area contributed by atoms with Gasteiger partial charge in [0.05, 0.1) is 23.4 Å². The van der Waals surface area contributed by atoms with Gasteiger partial charge in [-0.25, -0.2) is 4.79 Å². The van der Waals surface area contributed by atoms with E-state index in [4.69, 9.17) is 11.6 Å². The van der Waals surface area contributed by atoms with Gasteiger partial charge in [0.2, 0.25) is 0 Å². The van der Waals surface area contributed by atoms with Gasteiger partial charge in [-0.3, -0.25) is 0 Å². The number of carbonyl (C=O) groups excluding carboxylic acids is 1. The van der Waals surface area contributed by atoms with Crippen LogP contribution < -0.4 is 5.32 Å². The Morgan fingerprint density at radius 1 is 1.47 bits per heavy atom. The van der Waals surface area contributed by atoms with Crippen LogP contribution in [-0.4, -0.2) is 19.6 Å². The first-order valence-electron chi connectivity index (χ1n) is 5.66. The Bertz CT molecular complexity index is 391. The van der Waals surface area contributed by atoms with Gasteiger partial charge in [0.25, 0.3) is 0 Å². The molecular formula is C13H18ClNO2. The van der Waals surface area contributed by atoms with Crippen molar-refractivity contribution in [2.75, 3.05) is 19.0 Å². The van der Waals surface area contributed by atoms with Crippen molar-refractivity contribution in [1.29, 1.82) is 0 Å². The number of esters is 1. The standard InChI is InChI=1S/C13H18ClNO2/c1-9(2)6-7-15-12-8-10(13(16)17-3)4-5-11(12)14/h4-5,8-9,15H,6-7H2,1-3H3. The van der Waals surface area contributed by atoms with Gasteiger partial charge in [-0.15, -0.1) is 0 Å². The topological polar surface area (TPSA) is 38.3 Å². The number of benzene rings is 1. The number of carbonyl (C=O) groups is 1. The van der Waals surface area contributed by atoms with Crippen molar-refractivity contribution in [2.24, 2.45) is 5.92 Å². The van der Waals surface area contributed by atoms with Crippen LogP contribution >= 0.6 is 11.6 Å². The molecule has 17 heavy (non-hydrogen) atoms. The minimum absolute atomic E-state index is 0.353. The number of halogens is 1. The molecule has 0 heterocycles. The first-order chi connectivity index (χ1) is 8.04. The highest BCUT2D eigenvalue weighted by atomic mass is 35.5. The zero-order valence-electron chi connectivity index (χ0n) is 10.4. The summed E-state index contributed by atoms with van der Waals surface area (Å²) in [6.45, 7) is 5.16. The maximum absolute atomic E-state index is 11.4. The second-order valence-electron chi connectivity index (χ2n) is 4.30. The summed E-state index contributed by atoms with van der Waals surface area (Å²) in [5.74, 6) is 0.277. The van der Waals surface area contributed by atoms with Crippen molar-refractivity contribution in [3.05, 3.63) is 28.8 Å². The fourth-order valence-corrected chi connectivity index (χ4v) is 1.59. The second kappa shape index (κ2) is 6.50. The van der Waals surface area contributed by atoms with Gasteiger partial charge < -0.3 is 10.1 Å². The highest BCUT2D eigenvalue weighted by molar-refractivity contribution is 6.33. The molecule has 0 aromatic heterocycles. The zero-order chi connectivity index (χ0) is 12.8. The van der Waals surface area contributed by atoms with Crippen LogP contribution in [0.1, 0.15) is 30.6 Å². The quantitative estimate of drug-likeness (QED) is 0.818. The number of hydrogen-bond donors (Lipinski definition) is 1. The predicted molar refractivity (Wildman–Crippen MR) is 70.7 cm³/mol. The summed E-state index contributed by atoms with van der Waals surface area (Å²) in [6, 6.07) is 5.07. The van der Waals surface area contributed by atoms with Crippen LogP contribution in [0.2, 0.25) is 5.02 Å². The number of nitrogens with one attached hydrogen (secondary N) is 1. The molecule has 0 aliphatic rings. The predicted octanol–water partition coefficient (Wildman–Crippen LogP) is 3.58. The third-order valence-electron chi connectivity index (χ3n) is 2.42. The Morgan fingerprint density at radius 3 is 2.76 bits per heavy atom. The van der Waals surface area contributed by atoms with Gasteiger partial charge >= 0.3 is 5.97 Å². The maximum atomic E-state index is 11.4. The van der Waals surface area contributed by atoms with Crippen LogP contribution in [0.4, 0.5) is 5.69 Å². The van der Waals surface area contributed by atoms with Crippen molar-refractivity contribution >= 4 is 23.3 Å². The largest absolute Gasteiger partial charge is 0.465 e. The van der Waals surface area contributed by atoms with Crippen molar-refractivity contribution in [3.63, 3.8) is 0 Å². The van der Waals surface area contributed by atoms with E-state index in [2.05, 4.69) is 23.9 Å². The van der Waals surface area contributed by atoms with E-state index in [1.54, 1.807) is 18.2 Å². The highest BCUT2D eigenvalue weighted by Gasteiger charge is 2.08. The summed E-state index contributed by atoms with van der Waals surface area (Å²) in [5, 5.41) is 3.84. The molecule has 0 fully saturated rings. The van der Waals surface area contributed by atoms with Crippen LogP contribution in [0, 0.1) is 5.92 Å². The highest BCUT2D eigenvalue weighted by Crippen LogP contribution is 2.23. The molecule has 0 radical (unpaired) electrons. The summed E-state index contributed by atoms with van der Waals surface area (Å²) in [4.78, 5) is 11.4. The third-order valence-corrected chi connectivity index (χ3v) is 2.75. The molecule has 0 aliphatic heterocycles. The molecule has 0 atom stereocenters. The van der Waals surface area contributed by atoms with E-state index in [9.17, 15) is 4.79 Å². The Labute approximate surface area is 107 Å². The molecule has 1 N–H and O–H groups in total. The number of methoxy groups -OCH3 is 1. The Kier molecular flexibility index (Phi) is 5.29. The van der Waals surface area contributed by atoms with Crippen molar-refractivity contribution in [2.45, 2.75) is 20.3 Å². The van der Waals surface area contributed by atoms with Crippen LogP contribution in [0.25, 0.3) is 0 Å². The summed E-state index contributed by atoms with van der Waals surface area (Å²) >= 11 is 6.04. The smallest absolute Gasteiger partial charge is 0.337 e. The van der Waals surface area contributed by atoms with E-state index in [0.29, 0.717) is 16.5 Å². The van der Waals surface area contributed by atoms with Crippen molar-refractivity contribution < 1.29 is 9.53 Å². The second-order valence-corrected chi connectivity index (χ2v) is 4.70. The first-order valence-corrected chi connectivity index (χ1v) is 6.04. The van der Waals surface area contributed by atoms with Gasteiger partial charge in [0.1, 0.15) is 0 Å². The van der Waals surface area contributed by atoms with Gasteiger partial charge in [0, 0.05) is 6.54 Å². The average Bonchev–Trinajstić information content (AvgIpc) is 2.30. The SMILES string of the molecule is COC(=O)c1ccc(Cl)c(NCCC(C)C)c1. The Hall–Kier alpha value is -1.22. The van der Waals surface area contributed by atoms with E-state index in [0.717, 1.165) is 18.7 Å². The lowest BCUT2D eigenvalue weighted by molar-refractivity contribution is 0.0601. The van der Waals surface area contributed by atoms with E-state index < -0.39 is 0 Å². The minimum atomic E-state index is -0.353. The van der Waals surface area contributed by atoms with Crippen molar-refractivity contribution in [3.8, 4) is 0 Å². The zero-order valence-corrected chi connectivity index (χ0v) is 11.2. The van der Waals surface area contributed by atoms with Crippen LogP contribution in [0.15, 0.2) is 18.2 Å². The molecular weight excluding hydrogens is 238 g/mol. The molecule has 0 aliphatic carbocycles. The van der Waals surface area contributed by atoms with E-state index >= 15 is 0 Å². The Balaban J connectivity index is 2.73. The minimum Gasteiger partial charge on any atom is -0.465 e. The summed E-state index contributed by atoms with van der Waals surface area (Å²) in [7, 11) is 1.36. The fourth-order valence-electron chi connectivity index (χ4n) is 1.40. The molecule has 4 heteroatoms. The lowest BCUT2D eigenvalue weighted by Gasteiger charge is -2.11. The van der Waals surface area contributed by atoms with E-state index in [1.807, 2.05) is 0 Å². The molecule has 1 aromatic rings. The van der Waals surface area contributed by atoms with Gasteiger partial charge in [0.15, 0.2) is 0 Å². The number of rotatable bonds is 5. The normalized spacial score (nSPS) is 10.4. The lowest BCUT2D eigenvalue weighted by Crippen LogP contribution is -2.07. The van der Waals surface area contributed by atoms with E-state index in [-0.39, 0.29) is 5.97 Å². The van der Waals surface area contributed by atoms with E-state index in [1.165, 1.54) is 7.11 Å². The van der Waals surface area contributed by atoms with Gasteiger partial charge in [-0.05, 0) is 30.5 Å². The molecule has 0 saturated carbocycles. The molecule has 1 rings (SSSR count). The molecule has 0 saturated heterocycles. The molecule has 94 valence electrons. The lowest BCUT2D eigenvalue weighted by atomic mass is 10.1. The number of hydrogen-bond acceptors (Lipinski definition) is 3. The monoisotopic (exact) mass is 255 g/mol. The molecule has 0 amide bonds. The fraction of sp³-hybridized carbons (Fsp3) is 0.462. The molecule has 0 bridgehead atoms. The van der Waals surface area contributed by atoms with Crippen LogP contribution in [0.5, 0.6) is 0 Å². The van der Waals surface area contributed by atoms with Crippen LogP contribution in [0.3, 0.4) is 0 Å². The Morgan fingerprint density at radius 2 is 2.18 bits per heavy atom. The van der Waals surface area contributed by atoms with Gasteiger partial charge in [-0.2, -0.15) is 0 Å².